The molecule has 1 aromatic heterocycles. The molecule has 0 saturated carbocycles. The van der Waals surface area contributed by atoms with Gasteiger partial charge in [-0.1, -0.05) is 41.7 Å². The largest absolute Gasteiger partial charge is 0.355 e. The molecular weight excluding hydrogens is 326 g/mol. The van der Waals surface area contributed by atoms with E-state index in [1.54, 1.807) is 0 Å². The minimum atomic E-state index is -2.71. The van der Waals surface area contributed by atoms with Gasteiger partial charge in [0, 0.05) is 13.0 Å². The van der Waals surface area contributed by atoms with Crippen molar-refractivity contribution < 1.29 is 18.4 Å². The Bertz CT molecular complexity index is 664. The van der Waals surface area contributed by atoms with E-state index in [0.717, 1.165) is 5.56 Å². The summed E-state index contributed by atoms with van der Waals surface area (Å²) < 4.78 is 24.7. The third kappa shape index (κ3) is 5.70. The van der Waals surface area contributed by atoms with Crippen LogP contribution in [0.2, 0.25) is 0 Å². The van der Waals surface area contributed by atoms with Gasteiger partial charge in [-0.05, 0) is 5.56 Å². The standard InChI is InChI=1S/C14H14F2N4O2S/c15-12(16)13-19-20-14(23-13)18-10(21)6-7-17-11(22)8-9-4-2-1-3-5-9/h1-5,12H,6-8H2,(H,17,22)(H,18,20,21). The van der Waals surface area contributed by atoms with Gasteiger partial charge in [0.25, 0.3) is 6.43 Å². The summed E-state index contributed by atoms with van der Waals surface area (Å²) in [6.07, 6.45) is -2.46. The molecule has 23 heavy (non-hydrogen) atoms. The highest BCUT2D eigenvalue weighted by Crippen LogP contribution is 2.24. The molecule has 2 aromatic rings. The Morgan fingerprint density at radius 1 is 1.13 bits per heavy atom. The van der Waals surface area contributed by atoms with Crippen LogP contribution in [-0.2, 0) is 16.0 Å². The number of hydrogen-bond donors (Lipinski definition) is 2. The maximum absolute atomic E-state index is 12.3. The SMILES string of the molecule is O=C(Cc1ccccc1)NCCC(=O)Nc1nnc(C(F)F)s1. The number of benzene rings is 1. The molecule has 122 valence electrons. The molecule has 9 heteroatoms. The second-order valence-electron chi connectivity index (χ2n) is 4.56. The van der Waals surface area contributed by atoms with Crippen molar-refractivity contribution in [2.75, 3.05) is 11.9 Å². The molecule has 1 heterocycles. The monoisotopic (exact) mass is 340 g/mol. The van der Waals surface area contributed by atoms with Crippen LogP contribution < -0.4 is 10.6 Å². The zero-order valence-electron chi connectivity index (χ0n) is 12.0. The first-order valence-corrected chi connectivity index (χ1v) is 7.58. The van der Waals surface area contributed by atoms with Gasteiger partial charge in [-0.2, -0.15) is 0 Å². The van der Waals surface area contributed by atoms with Gasteiger partial charge in [0.05, 0.1) is 6.42 Å². The number of alkyl halides is 2. The zero-order valence-corrected chi connectivity index (χ0v) is 12.8. The minimum Gasteiger partial charge on any atom is -0.355 e. The van der Waals surface area contributed by atoms with Crippen LogP contribution in [0.3, 0.4) is 0 Å². The second kappa shape index (κ2) is 8.28. The van der Waals surface area contributed by atoms with Crippen LogP contribution in [0.1, 0.15) is 23.4 Å². The molecule has 0 unspecified atom stereocenters. The summed E-state index contributed by atoms with van der Waals surface area (Å²) >= 11 is 0.619. The molecule has 2 amide bonds. The van der Waals surface area contributed by atoms with Crippen molar-refractivity contribution in [3.05, 3.63) is 40.9 Å². The average Bonchev–Trinajstić information content (AvgIpc) is 2.97. The Hall–Kier alpha value is -2.42. The van der Waals surface area contributed by atoms with Crippen molar-refractivity contribution in [1.29, 1.82) is 0 Å². The number of halogens is 2. The number of anilines is 1. The summed E-state index contributed by atoms with van der Waals surface area (Å²) in [5, 5.41) is 11.3. The molecule has 0 aliphatic rings. The van der Waals surface area contributed by atoms with Gasteiger partial charge in [0.15, 0.2) is 5.01 Å². The number of carbonyl (C=O) groups is 2. The lowest BCUT2D eigenvalue weighted by Crippen LogP contribution is -2.28. The average molecular weight is 340 g/mol. The predicted octanol–water partition coefficient (Wildman–Crippen LogP) is 2.16. The molecule has 6 nitrogen and oxygen atoms in total. The normalized spacial score (nSPS) is 10.6. The van der Waals surface area contributed by atoms with Crippen LogP contribution in [0.25, 0.3) is 0 Å². The first kappa shape index (κ1) is 16.9. The quantitative estimate of drug-likeness (QED) is 0.809. The molecule has 0 fully saturated rings. The van der Waals surface area contributed by atoms with Crippen LogP contribution in [-0.4, -0.2) is 28.6 Å². The van der Waals surface area contributed by atoms with Gasteiger partial charge >= 0.3 is 0 Å². The van der Waals surface area contributed by atoms with E-state index >= 15 is 0 Å². The first-order valence-electron chi connectivity index (χ1n) is 6.76. The molecule has 2 N–H and O–H groups in total. The van der Waals surface area contributed by atoms with E-state index in [0.29, 0.717) is 11.3 Å². The molecule has 0 spiro atoms. The fourth-order valence-corrected chi connectivity index (χ4v) is 2.33. The molecule has 0 atom stereocenters. The molecule has 2 rings (SSSR count). The third-order valence-corrected chi connectivity index (χ3v) is 3.60. The minimum absolute atomic E-state index is 0.0147. The van der Waals surface area contributed by atoms with Crippen molar-refractivity contribution in [2.45, 2.75) is 19.3 Å². The Labute approximate surface area is 134 Å². The van der Waals surface area contributed by atoms with Gasteiger partial charge in [-0.3, -0.25) is 9.59 Å². The smallest absolute Gasteiger partial charge is 0.291 e. The fourth-order valence-electron chi connectivity index (χ4n) is 1.71. The van der Waals surface area contributed by atoms with E-state index in [-0.39, 0.29) is 30.4 Å². The van der Waals surface area contributed by atoms with Crippen LogP contribution >= 0.6 is 11.3 Å². The van der Waals surface area contributed by atoms with Crippen LogP contribution in [0.15, 0.2) is 30.3 Å². The summed E-state index contributed by atoms with van der Waals surface area (Å²) in [5.41, 5.74) is 0.878. The van der Waals surface area contributed by atoms with Crippen molar-refractivity contribution in [2.24, 2.45) is 0 Å². The summed E-state index contributed by atoms with van der Waals surface area (Å²) in [6.45, 7) is 0.151. The number of nitrogens with one attached hydrogen (secondary N) is 2. The van der Waals surface area contributed by atoms with E-state index in [9.17, 15) is 18.4 Å². The highest BCUT2D eigenvalue weighted by Gasteiger charge is 2.15. The van der Waals surface area contributed by atoms with Crippen LogP contribution in [0.5, 0.6) is 0 Å². The van der Waals surface area contributed by atoms with Gasteiger partial charge in [-0.25, -0.2) is 8.78 Å². The summed E-state index contributed by atoms with van der Waals surface area (Å²) in [7, 11) is 0. The Kier molecular flexibility index (Phi) is 6.10. The summed E-state index contributed by atoms with van der Waals surface area (Å²) in [6, 6.07) is 9.21. The number of amides is 2. The van der Waals surface area contributed by atoms with Crippen LogP contribution in [0.4, 0.5) is 13.9 Å². The van der Waals surface area contributed by atoms with Crippen molar-refractivity contribution in [3.63, 3.8) is 0 Å². The lowest BCUT2D eigenvalue weighted by Gasteiger charge is -2.05. The summed E-state index contributed by atoms with van der Waals surface area (Å²) in [5.74, 6) is -0.623. The lowest BCUT2D eigenvalue weighted by molar-refractivity contribution is -0.120. The summed E-state index contributed by atoms with van der Waals surface area (Å²) in [4.78, 5) is 23.3. The second-order valence-corrected chi connectivity index (χ2v) is 5.57. The Morgan fingerprint density at radius 2 is 1.87 bits per heavy atom. The molecule has 0 bridgehead atoms. The fraction of sp³-hybridized carbons (Fsp3) is 0.286. The van der Waals surface area contributed by atoms with E-state index in [1.807, 2.05) is 30.3 Å². The van der Waals surface area contributed by atoms with E-state index in [2.05, 4.69) is 20.8 Å². The third-order valence-electron chi connectivity index (χ3n) is 2.76. The number of carbonyl (C=O) groups excluding carboxylic acids is 2. The van der Waals surface area contributed by atoms with Crippen molar-refractivity contribution >= 4 is 28.3 Å². The highest BCUT2D eigenvalue weighted by atomic mass is 32.1. The lowest BCUT2D eigenvalue weighted by atomic mass is 10.1. The van der Waals surface area contributed by atoms with Gasteiger partial charge in [0.2, 0.25) is 16.9 Å². The molecule has 0 saturated heterocycles. The van der Waals surface area contributed by atoms with Gasteiger partial charge in [-0.15, -0.1) is 10.2 Å². The van der Waals surface area contributed by atoms with E-state index in [1.165, 1.54) is 0 Å². The molecule has 0 radical (unpaired) electrons. The number of aromatic nitrogens is 2. The zero-order chi connectivity index (χ0) is 16.7. The number of hydrogen-bond acceptors (Lipinski definition) is 5. The number of nitrogens with zero attached hydrogens (tertiary/aromatic N) is 2. The Balaban J connectivity index is 1.69. The maximum Gasteiger partial charge on any atom is 0.291 e. The molecule has 0 aliphatic carbocycles. The molecular formula is C14H14F2N4O2S. The van der Waals surface area contributed by atoms with Crippen molar-refractivity contribution in [1.82, 2.24) is 15.5 Å². The molecule has 1 aromatic carbocycles. The van der Waals surface area contributed by atoms with Crippen LogP contribution in [0, 0.1) is 0 Å². The molecule has 0 aliphatic heterocycles. The highest BCUT2D eigenvalue weighted by molar-refractivity contribution is 7.15. The van der Waals surface area contributed by atoms with E-state index < -0.39 is 17.3 Å². The van der Waals surface area contributed by atoms with Crippen molar-refractivity contribution in [3.8, 4) is 0 Å². The van der Waals surface area contributed by atoms with Gasteiger partial charge in [0.1, 0.15) is 0 Å². The predicted molar refractivity (Wildman–Crippen MR) is 81.3 cm³/mol. The number of rotatable bonds is 7. The first-order chi connectivity index (χ1) is 11.0. The Morgan fingerprint density at radius 3 is 2.52 bits per heavy atom. The topological polar surface area (TPSA) is 84.0 Å². The van der Waals surface area contributed by atoms with Gasteiger partial charge < -0.3 is 10.6 Å². The maximum atomic E-state index is 12.3. The van der Waals surface area contributed by atoms with E-state index in [4.69, 9.17) is 0 Å².